The Bertz CT molecular complexity index is 299. The van der Waals surface area contributed by atoms with Gasteiger partial charge in [-0.3, -0.25) is 4.90 Å². The van der Waals surface area contributed by atoms with Crippen LogP contribution in [-0.2, 0) is 11.3 Å². The molecular weight excluding hydrogens is 198 g/mol. The second kappa shape index (κ2) is 6.02. The first-order valence-corrected chi connectivity index (χ1v) is 6.26. The topological polar surface area (TPSA) is 12.5 Å². The first-order valence-electron chi connectivity index (χ1n) is 6.26. The van der Waals surface area contributed by atoms with Gasteiger partial charge in [-0.25, -0.2) is 0 Å². The second-order valence-corrected chi connectivity index (χ2v) is 4.43. The molecule has 2 rings (SSSR count). The van der Waals surface area contributed by atoms with E-state index in [4.69, 9.17) is 4.74 Å². The van der Waals surface area contributed by atoms with E-state index in [0.29, 0.717) is 6.04 Å². The van der Waals surface area contributed by atoms with E-state index in [0.717, 1.165) is 19.8 Å². The van der Waals surface area contributed by atoms with Gasteiger partial charge >= 0.3 is 0 Å². The minimum absolute atomic E-state index is 0.647. The fourth-order valence-corrected chi connectivity index (χ4v) is 2.39. The summed E-state index contributed by atoms with van der Waals surface area (Å²) < 4.78 is 5.79. The molecule has 1 aliphatic heterocycles. The molecule has 1 fully saturated rings. The standard InChI is InChI=1S/C14H21NO/c1-2-15-10-6-9-14(15)12-16-11-13-7-4-3-5-8-13/h3-5,7-8,14H,2,6,9-12H2,1H3/t14-/m0/s1. The summed E-state index contributed by atoms with van der Waals surface area (Å²) in [7, 11) is 0. The van der Waals surface area contributed by atoms with Crippen LogP contribution >= 0.6 is 0 Å². The molecule has 16 heavy (non-hydrogen) atoms. The summed E-state index contributed by atoms with van der Waals surface area (Å²) in [6.07, 6.45) is 2.62. The van der Waals surface area contributed by atoms with Crippen molar-refractivity contribution in [2.24, 2.45) is 0 Å². The molecule has 1 aromatic rings. The predicted octanol–water partition coefficient (Wildman–Crippen LogP) is 2.69. The van der Waals surface area contributed by atoms with Crippen molar-refractivity contribution in [3.8, 4) is 0 Å². The summed E-state index contributed by atoms with van der Waals surface area (Å²) in [5.41, 5.74) is 1.27. The normalized spacial score (nSPS) is 21.4. The molecule has 2 nitrogen and oxygen atoms in total. The van der Waals surface area contributed by atoms with Gasteiger partial charge in [0, 0.05) is 6.04 Å². The maximum absolute atomic E-state index is 5.79. The van der Waals surface area contributed by atoms with Gasteiger partial charge in [-0.05, 0) is 31.5 Å². The van der Waals surface area contributed by atoms with Gasteiger partial charge in [-0.2, -0.15) is 0 Å². The smallest absolute Gasteiger partial charge is 0.0717 e. The zero-order chi connectivity index (χ0) is 11.2. The van der Waals surface area contributed by atoms with E-state index >= 15 is 0 Å². The Labute approximate surface area is 98.2 Å². The van der Waals surface area contributed by atoms with E-state index < -0.39 is 0 Å². The zero-order valence-corrected chi connectivity index (χ0v) is 10.1. The van der Waals surface area contributed by atoms with Crippen molar-refractivity contribution in [1.82, 2.24) is 4.90 Å². The van der Waals surface area contributed by atoms with Crippen molar-refractivity contribution in [3.05, 3.63) is 35.9 Å². The Balaban J connectivity index is 1.72. The van der Waals surface area contributed by atoms with Crippen molar-refractivity contribution < 1.29 is 4.74 Å². The van der Waals surface area contributed by atoms with Crippen molar-refractivity contribution in [3.63, 3.8) is 0 Å². The number of hydrogen-bond acceptors (Lipinski definition) is 2. The highest BCUT2D eigenvalue weighted by Gasteiger charge is 2.22. The fraction of sp³-hybridized carbons (Fsp3) is 0.571. The van der Waals surface area contributed by atoms with Gasteiger partial charge in [0.15, 0.2) is 0 Å². The first kappa shape index (κ1) is 11.6. The molecule has 1 aromatic carbocycles. The summed E-state index contributed by atoms with van der Waals surface area (Å²) in [6.45, 7) is 6.25. The minimum Gasteiger partial charge on any atom is -0.375 e. The van der Waals surface area contributed by atoms with Crippen LogP contribution in [-0.4, -0.2) is 30.6 Å². The maximum Gasteiger partial charge on any atom is 0.0717 e. The second-order valence-electron chi connectivity index (χ2n) is 4.43. The lowest BCUT2D eigenvalue weighted by molar-refractivity contribution is 0.0686. The minimum atomic E-state index is 0.647. The van der Waals surface area contributed by atoms with E-state index in [9.17, 15) is 0 Å². The predicted molar refractivity (Wildman–Crippen MR) is 66.4 cm³/mol. The molecule has 1 heterocycles. The zero-order valence-electron chi connectivity index (χ0n) is 10.1. The lowest BCUT2D eigenvalue weighted by atomic mass is 10.2. The summed E-state index contributed by atoms with van der Waals surface area (Å²) >= 11 is 0. The Morgan fingerprint density at radius 3 is 2.88 bits per heavy atom. The molecule has 0 aromatic heterocycles. The molecule has 1 aliphatic rings. The Morgan fingerprint density at radius 2 is 2.12 bits per heavy atom. The molecule has 0 saturated carbocycles. The molecule has 0 amide bonds. The van der Waals surface area contributed by atoms with Crippen molar-refractivity contribution in [1.29, 1.82) is 0 Å². The van der Waals surface area contributed by atoms with Gasteiger partial charge < -0.3 is 4.74 Å². The summed E-state index contributed by atoms with van der Waals surface area (Å²) in [6, 6.07) is 11.0. The third kappa shape index (κ3) is 3.06. The van der Waals surface area contributed by atoms with Crippen LogP contribution < -0.4 is 0 Å². The van der Waals surface area contributed by atoms with E-state index in [1.54, 1.807) is 0 Å². The van der Waals surface area contributed by atoms with Gasteiger partial charge in [0.1, 0.15) is 0 Å². The average Bonchev–Trinajstić information content (AvgIpc) is 2.78. The van der Waals surface area contributed by atoms with Gasteiger partial charge in [-0.1, -0.05) is 37.3 Å². The van der Waals surface area contributed by atoms with E-state index in [-0.39, 0.29) is 0 Å². The Morgan fingerprint density at radius 1 is 1.31 bits per heavy atom. The number of rotatable bonds is 5. The highest BCUT2D eigenvalue weighted by molar-refractivity contribution is 5.13. The largest absolute Gasteiger partial charge is 0.375 e. The number of nitrogens with zero attached hydrogens (tertiary/aromatic N) is 1. The summed E-state index contributed by atoms with van der Waals surface area (Å²) in [5.74, 6) is 0. The Kier molecular flexibility index (Phi) is 4.37. The molecule has 1 atom stereocenters. The fourth-order valence-electron chi connectivity index (χ4n) is 2.39. The van der Waals surface area contributed by atoms with Crippen LogP contribution in [0.15, 0.2) is 30.3 Å². The average molecular weight is 219 g/mol. The van der Waals surface area contributed by atoms with E-state index in [2.05, 4.69) is 36.1 Å². The molecule has 88 valence electrons. The quantitative estimate of drug-likeness (QED) is 0.755. The first-order chi connectivity index (χ1) is 7.90. The van der Waals surface area contributed by atoms with Crippen LogP contribution in [0.1, 0.15) is 25.3 Å². The monoisotopic (exact) mass is 219 g/mol. The maximum atomic E-state index is 5.79. The van der Waals surface area contributed by atoms with E-state index in [1.807, 2.05) is 6.07 Å². The molecule has 2 heteroatoms. The lowest BCUT2D eigenvalue weighted by Gasteiger charge is -2.22. The van der Waals surface area contributed by atoms with Gasteiger partial charge in [0.2, 0.25) is 0 Å². The highest BCUT2D eigenvalue weighted by atomic mass is 16.5. The van der Waals surface area contributed by atoms with E-state index in [1.165, 1.54) is 24.9 Å². The van der Waals surface area contributed by atoms with Crippen molar-refractivity contribution in [2.75, 3.05) is 19.7 Å². The summed E-state index contributed by atoms with van der Waals surface area (Å²) in [4.78, 5) is 2.52. The molecule has 0 radical (unpaired) electrons. The molecule has 0 spiro atoms. The third-order valence-corrected chi connectivity index (χ3v) is 3.33. The number of ether oxygens (including phenoxy) is 1. The van der Waals surface area contributed by atoms with Crippen LogP contribution in [0.4, 0.5) is 0 Å². The number of likely N-dealkylation sites (N-methyl/N-ethyl adjacent to an activating group) is 1. The molecule has 1 saturated heterocycles. The summed E-state index contributed by atoms with van der Waals surface area (Å²) in [5, 5.41) is 0. The molecule has 0 bridgehead atoms. The number of hydrogen-bond donors (Lipinski definition) is 0. The highest BCUT2D eigenvalue weighted by Crippen LogP contribution is 2.17. The molecule has 0 aliphatic carbocycles. The van der Waals surface area contributed by atoms with Crippen LogP contribution in [0.5, 0.6) is 0 Å². The lowest BCUT2D eigenvalue weighted by Crippen LogP contribution is -2.32. The van der Waals surface area contributed by atoms with Crippen molar-refractivity contribution in [2.45, 2.75) is 32.4 Å². The van der Waals surface area contributed by atoms with Gasteiger partial charge in [0.05, 0.1) is 13.2 Å². The van der Waals surface area contributed by atoms with Gasteiger partial charge in [0.25, 0.3) is 0 Å². The third-order valence-electron chi connectivity index (χ3n) is 3.33. The SMILES string of the molecule is CCN1CCC[C@H]1COCc1ccccc1. The number of likely N-dealkylation sites (tertiary alicyclic amines) is 1. The Hall–Kier alpha value is -0.860. The number of benzene rings is 1. The van der Waals surface area contributed by atoms with Crippen LogP contribution in [0.3, 0.4) is 0 Å². The molecular formula is C14H21NO. The van der Waals surface area contributed by atoms with Crippen LogP contribution in [0, 0.1) is 0 Å². The molecule has 0 N–H and O–H groups in total. The van der Waals surface area contributed by atoms with Gasteiger partial charge in [-0.15, -0.1) is 0 Å². The van der Waals surface area contributed by atoms with Crippen LogP contribution in [0.2, 0.25) is 0 Å². The molecule has 0 unspecified atom stereocenters. The van der Waals surface area contributed by atoms with Crippen molar-refractivity contribution >= 4 is 0 Å². The van der Waals surface area contributed by atoms with Crippen LogP contribution in [0.25, 0.3) is 0 Å².